The molecule has 3 aromatic carbocycles. The molecule has 1 aliphatic rings. The lowest BCUT2D eigenvalue weighted by Gasteiger charge is -2.42. The molecule has 2 heterocycles. The van der Waals surface area contributed by atoms with Crippen molar-refractivity contribution in [2.24, 2.45) is 0 Å². The molecule has 0 saturated heterocycles. The second kappa shape index (κ2) is 7.86. The number of halogens is 2. The van der Waals surface area contributed by atoms with Crippen LogP contribution < -0.4 is 4.90 Å². The average molecular weight is 548 g/mol. The molecule has 0 atom stereocenters. The van der Waals surface area contributed by atoms with Gasteiger partial charge in [0.25, 0.3) is 0 Å². The van der Waals surface area contributed by atoms with Crippen LogP contribution in [0, 0.1) is 13.8 Å². The van der Waals surface area contributed by atoms with Gasteiger partial charge in [0.2, 0.25) is 0 Å². The fourth-order valence-corrected chi connectivity index (χ4v) is 5.46. The zero-order chi connectivity index (χ0) is 22.6. The summed E-state index contributed by atoms with van der Waals surface area (Å²) in [5.74, 6) is 0. The molecule has 1 aromatic heterocycles. The Bertz CT molecular complexity index is 1300. The fourth-order valence-electron chi connectivity index (χ4n) is 4.74. The van der Waals surface area contributed by atoms with Crippen LogP contribution in [0.25, 0.3) is 11.3 Å². The Morgan fingerprint density at radius 1 is 0.719 bits per heavy atom. The van der Waals surface area contributed by atoms with Gasteiger partial charge in [0.1, 0.15) is 0 Å². The van der Waals surface area contributed by atoms with Gasteiger partial charge in [-0.1, -0.05) is 70.0 Å². The summed E-state index contributed by atoms with van der Waals surface area (Å²) in [6, 6.07) is 25.9. The molecule has 1 aliphatic heterocycles. The third-order valence-corrected chi connectivity index (χ3v) is 7.45. The van der Waals surface area contributed by atoms with Gasteiger partial charge in [-0.3, -0.25) is 4.98 Å². The minimum atomic E-state index is -0.128. The molecule has 0 fully saturated rings. The molecule has 0 spiro atoms. The number of pyridine rings is 1. The number of hydrogen-bond donors (Lipinski definition) is 0. The van der Waals surface area contributed by atoms with Crippen molar-refractivity contribution in [1.82, 2.24) is 4.98 Å². The Kier molecular flexibility index (Phi) is 5.26. The van der Waals surface area contributed by atoms with E-state index in [0.717, 1.165) is 26.0 Å². The van der Waals surface area contributed by atoms with Crippen LogP contribution in [0.1, 0.15) is 36.2 Å². The highest BCUT2D eigenvalue weighted by molar-refractivity contribution is 9.10. The van der Waals surface area contributed by atoms with Crippen LogP contribution in [0.15, 0.2) is 81.7 Å². The van der Waals surface area contributed by atoms with Crippen molar-refractivity contribution in [1.29, 1.82) is 0 Å². The van der Waals surface area contributed by atoms with Crippen LogP contribution in [0.2, 0.25) is 0 Å². The van der Waals surface area contributed by atoms with E-state index in [2.05, 4.69) is 137 Å². The quantitative estimate of drug-likeness (QED) is 0.249. The summed E-state index contributed by atoms with van der Waals surface area (Å²) in [5.41, 5.74) is 10.4. The van der Waals surface area contributed by atoms with E-state index >= 15 is 0 Å². The standard InChI is InChI=1S/C28H24Br2N2/c1-17-7-5-6-8-21(17)24-11-14-25(18(2)31-24)32-26-12-9-19(29)15-22(26)28(3,4)23-16-20(30)10-13-27(23)32/h5-16H,1-4H3. The average Bonchev–Trinajstić information content (AvgIpc) is 2.76. The SMILES string of the molecule is Cc1ccccc1-c1ccc(N2c3ccc(Br)cc3C(C)(C)c3cc(Br)ccc32)c(C)n1. The molecule has 4 aromatic rings. The highest BCUT2D eigenvalue weighted by Crippen LogP contribution is 2.53. The van der Waals surface area contributed by atoms with Crippen LogP contribution in [0.3, 0.4) is 0 Å². The van der Waals surface area contributed by atoms with E-state index in [0.29, 0.717) is 0 Å². The molecular formula is C28H24Br2N2. The Balaban J connectivity index is 1.73. The van der Waals surface area contributed by atoms with Gasteiger partial charge >= 0.3 is 0 Å². The topological polar surface area (TPSA) is 16.1 Å². The summed E-state index contributed by atoms with van der Waals surface area (Å²) in [7, 11) is 0. The van der Waals surface area contributed by atoms with E-state index in [1.165, 1.54) is 33.6 Å². The second-order valence-electron chi connectivity index (χ2n) is 8.90. The van der Waals surface area contributed by atoms with E-state index < -0.39 is 0 Å². The first-order valence-corrected chi connectivity index (χ1v) is 12.3. The molecule has 0 aliphatic carbocycles. The van der Waals surface area contributed by atoms with Crippen molar-refractivity contribution in [3.63, 3.8) is 0 Å². The van der Waals surface area contributed by atoms with Crippen LogP contribution in [0.5, 0.6) is 0 Å². The summed E-state index contributed by atoms with van der Waals surface area (Å²) in [6.45, 7) is 8.84. The number of hydrogen-bond acceptors (Lipinski definition) is 2. The third kappa shape index (κ3) is 3.41. The highest BCUT2D eigenvalue weighted by Gasteiger charge is 2.37. The van der Waals surface area contributed by atoms with Crippen molar-refractivity contribution in [2.75, 3.05) is 4.90 Å². The smallest absolute Gasteiger partial charge is 0.0709 e. The zero-order valence-electron chi connectivity index (χ0n) is 18.6. The van der Waals surface area contributed by atoms with Gasteiger partial charge < -0.3 is 4.90 Å². The molecule has 0 unspecified atom stereocenters. The van der Waals surface area contributed by atoms with Gasteiger partial charge in [0, 0.05) is 19.9 Å². The summed E-state index contributed by atoms with van der Waals surface area (Å²) in [4.78, 5) is 7.40. The number of benzene rings is 3. The molecule has 0 N–H and O–H groups in total. The second-order valence-corrected chi connectivity index (χ2v) is 10.7. The van der Waals surface area contributed by atoms with Crippen molar-refractivity contribution < 1.29 is 0 Å². The van der Waals surface area contributed by atoms with Crippen molar-refractivity contribution in [2.45, 2.75) is 33.1 Å². The first-order valence-electron chi connectivity index (χ1n) is 10.7. The van der Waals surface area contributed by atoms with Gasteiger partial charge in [-0.2, -0.15) is 0 Å². The molecule has 4 heteroatoms. The van der Waals surface area contributed by atoms with Gasteiger partial charge in [0.05, 0.1) is 28.5 Å². The minimum Gasteiger partial charge on any atom is -0.308 e. The molecular weight excluding hydrogens is 524 g/mol. The van der Waals surface area contributed by atoms with E-state index in [-0.39, 0.29) is 5.41 Å². The lowest BCUT2D eigenvalue weighted by atomic mass is 9.73. The number of nitrogens with zero attached hydrogens (tertiary/aromatic N) is 2. The Morgan fingerprint density at radius 3 is 1.84 bits per heavy atom. The van der Waals surface area contributed by atoms with Crippen molar-refractivity contribution in [3.05, 3.63) is 104 Å². The van der Waals surface area contributed by atoms with Crippen LogP contribution in [0.4, 0.5) is 17.1 Å². The lowest BCUT2D eigenvalue weighted by molar-refractivity contribution is 0.631. The van der Waals surface area contributed by atoms with Crippen LogP contribution >= 0.6 is 31.9 Å². The molecule has 0 amide bonds. The Hall–Kier alpha value is -2.43. The summed E-state index contributed by atoms with van der Waals surface area (Å²) >= 11 is 7.38. The first kappa shape index (κ1) is 21.4. The third-order valence-electron chi connectivity index (χ3n) is 6.47. The number of aryl methyl sites for hydroxylation is 2. The van der Waals surface area contributed by atoms with Gasteiger partial charge in [-0.05, 0) is 79.1 Å². The van der Waals surface area contributed by atoms with Crippen molar-refractivity contribution in [3.8, 4) is 11.3 Å². The van der Waals surface area contributed by atoms with Gasteiger partial charge in [-0.25, -0.2) is 0 Å². The maximum absolute atomic E-state index is 5.04. The molecule has 0 radical (unpaired) electrons. The summed E-state index contributed by atoms with van der Waals surface area (Å²) in [5, 5.41) is 0. The zero-order valence-corrected chi connectivity index (χ0v) is 21.8. The van der Waals surface area contributed by atoms with E-state index in [9.17, 15) is 0 Å². The number of aromatic nitrogens is 1. The number of anilines is 3. The Labute approximate surface area is 206 Å². The fraction of sp³-hybridized carbons (Fsp3) is 0.179. The van der Waals surface area contributed by atoms with E-state index in [4.69, 9.17) is 4.98 Å². The monoisotopic (exact) mass is 546 g/mol. The largest absolute Gasteiger partial charge is 0.308 e. The molecule has 160 valence electrons. The van der Waals surface area contributed by atoms with Crippen LogP contribution in [-0.4, -0.2) is 4.98 Å². The maximum atomic E-state index is 5.04. The van der Waals surface area contributed by atoms with Gasteiger partial charge in [-0.15, -0.1) is 0 Å². The Morgan fingerprint density at radius 2 is 1.28 bits per heavy atom. The predicted octanol–water partition coefficient (Wildman–Crippen LogP) is 9.00. The number of rotatable bonds is 2. The van der Waals surface area contributed by atoms with Gasteiger partial charge in [0.15, 0.2) is 0 Å². The van der Waals surface area contributed by atoms with E-state index in [1.807, 2.05) is 0 Å². The number of fused-ring (bicyclic) bond motifs is 2. The summed E-state index contributed by atoms with van der Waals surface area (Å²) < 4.78 is 2.18. The normalized spacial score (nSPS) is 14.1. The lowest BCUT2D eigenvalue weighted by Crippen LogP contribution is -2.31. The minimum absolute atomic E-state index is 0.128. The molecule has 0 bridgehead atoms. The predicted molar refractivity (Wildman–Crippen MR) is 141 cm³/mol. The molecule has 32 heavy (non-hydrogen) atoms. The highest BCUT2D eigenvalue weighted by atomic mass is 79.9. The molecule has 0 saturated carbocycles. The maximum Gasteiger partial charge on any atom is 0.0709 e. The van der Waals surface area contributed by atoms with Crippen molar-refractivity contribution >= 4 is 48.9 Å². The van der Waals surface area contributed by atoms with Crippen LogP contribution in [-0.2, 0) is 5.41 Å². The van der Waals surface area contributed by atoms with E-state index in [1.54, 1.807) is 0 Å². The first-order chi connectivity index (χ1) is 15.3. The summed E-state index contributed by atoms with van der Waals surface area (Å²) in [6.07, 6.45) is 0. The molecule has 2 nitrogen and oxygen atoms in total. The molecule has 5 rings (SSSR count).